The summed E-state index contributed by atoms with van der Waals surface area (Å²) >= 11 is 7.34. The highest BCUT2D eigenvalue weighted by atomic mass is 35.5. The fraction of sp³-hybridized carbons (Fsp3) is 0.536. The summed E-state index contributed by atoms with van der Waals surface area (Å²) in [5.74, 6) is 0.473. The number of aromatic nitrogens is 1. The molecule has 3 N–H and O–H groups in total. The molecule has 174 valence electrons. The number of alkyl halides is 1. The Hall–Kier alpha value is -1.88. The maximum Gasteiger partial charge on any atom is 0.255 e. The molecule has 1 aromatic carbocycles. The van der Waals surface area contributed by atoms with E-state index in [-0.39, 0.29) is 23.0 Å². The fourth-order valence-corrected chi connectivity index (χ4v) is 8.06. The Morgan fingerprint density at radius 2 is 1.97 bits per heavy atom. The number of aliphatic hydroxyl groups excluding tert-OH is 1. The third-order valence-corrected chi connectivity index (χ3v) is 10.1. The zero-order valence-corrected chi connectivity index (χ0v) is 19.9. The Bertz CT molecular complexity index is 1250. The molecule has 2 aromatic rings. The van der Waals surface area contributed by atoms with Crippen molar-refractivity contribution in [2.24, 2.45) is 17.3 Å². The molecule has 0 radical (unpaired) electrons. The SMILES string of the molecule is CC12CCC3(Cl)C=C4CC(O)CCC4CC[C@]3(O)C1CC=C2c1ccc2c(=O)[nH]ccc2c1. The first kappa shape index (κ1) is 21.6. The van der Waals surface area contributed by atoms with Crippen molar-refractivity contribution in [3.63, 3.8) is 0 Å². The average Bonchev–Trinajstić information content (AvgIpc) is 3.09. The summed E-state index contributed by atoms with van der Waals surface area (Å²) in [7, 11) is 0. The van der Waals surface area contributed by atoms with Gasteiger partial charge in [-0.05, 0) is 97.4 Å². The van der Waals surface area contributed by atoms with Crippen LogP contribution in [0.2, 0.25) is 0 Å². The molecule has 1 heterocycles. The van der Waals surface area contributed by atoms with E-state index in [4.69, 9.17) is 11.6 Å². The summed E-state index contributed by atoms with van der Waals surface area (Å²) < 4.78 is 0. The van der Waals surface area contributed by atoms with Crippen LogP contribution < -0.4 is 5.56 Å². The molecular weight excluding hydrogens is 434 g/mol. The summed E-state index contributed by atoms with van der Waals surface area (Å²) in [4.78, 5) is 14.1. The quantitative estimate of drug-likeness (QED) is 0.394. The third-order valence-electron chi connectivity index (χ3n) is 9.46. The summed E-state index contributed by atoms with van der Waals surface area (Å²) in [6.45, 7) is 2.29. The van der Waals surface area contributed by atoms with E-state index in [9.17, 15) is 15.0 Å². The van der Waals surface area contributed by atoms with Gasteiger partial charge in [0.05, 0.1) is 16.6 Å². The summed E-state index contributed by atoms with van der Waals surface area (Å²) in [5, 5.41) is 24.2. The van der Waals surface area contributed by atoms with Gasteiger partial charge >= 0.3 is 0 Å². The lowest BCUT2D eigenvalue weighted by Crippen LogP contribution is -2.61. The first-order valence-corrected chi connectivity index (χ1v) is 12.7. The van der Waals surface area contributed by atoms with E-state index >= 15 is 0 Å². The molecule has 0 aliphatic heterocycles. The van der Waals surface area contributed by atoms with Crippen LogP contribution in [0.15, 0.2) is 53.0 Å². The highest BCUT2D eigenvalue weighted by Crippen LogP contribution is 2.65. The van der Waals surface area contributed by atoms with Crippen LogP contribution >= 0.6 is 11.6 Å². The molecule has 33 heavy (non-hydrogen) atoms. The third kappa shape index (κ3) is 3.07. The largest absolute Gasteiger partial charge is 0.393 e. The molecule has 2 saturated carbocycles. The van der Waals surface area contributed by atoms with Crippen molar-refractivity contribution in [2.45, 2.75) is 74.9 Å². The number of benzene rings is 1. The summed E-state index contributed by atoms with van der Waals surface area (Å²) in [6.07, 6.45) is 12.5. The van der Waals surface area contributed by atoms with Gasteiger partial charge in [0.2, 0.25) is 0 Å². The van der Waals surface area contributed by atoms with Gasteiger partial charge in [0, 0.05) is 17.5 Å². The maximum atomic E-state index is 12.3. The van der Waals surface area contributed by atoms with Gasteiger partial charge in [-0.1, -0.05) is 30.7 Å². The Kier molecular flexibility index (Phi) is 4.79. The second kappa shape index (κ2) is 7.31. The number of aliphatic hydroxyl groups is 2. The lowest BCUT2D eigenvalue weighted by atomic mass is 9.54. The molecule has 4 aliphatic rings. The Morgan fingerprint density at radius 3 is 2.82 bits per heavy atom. The van der Waals surface area contributed by atoms with E-state index in [1.54, 1.807) is 6.20 Å². The smallest absolute Gasteiger partial charge is 0.255 e. The fourth-order valence-electron chi connectivity index (χ4n) is 7.60. The Morgan fingerprint density at radius 1 is 1.12 bits per heavy atom. The van der Waals surface area contributed by atoms with Crippen LogP contribution in [0.1, 0.15) is 63.9 Å². The maximum absolute atomic E-state index is 12.3. The van der Waals surface area contributed by atoms with Crippen LogP contribution in [-0.4, -0.2) is 31.8 Å². The zero-order chi connectivity index (χ0) is 23.0. The van der Waals surface area contributed by atoms with Gasteiger partial charge < -0.3 is 15.2 Å². The Balaban J connectivity index is 1.39. The highest BCUT2D eigenvalue weighted by molar-refractivity contribution is 6.26. The molecule has 4 aliphatic carbocycles. The lowest BCUT2D eigenvalue weighted by Gasteiger charge is -2.56. The molecule has 0 spiro atoms. The van der Waals surface area contributed by atoms with Crippen LogP contribution in [0.5, 0.6) is 0 Å². The van der Waals surface area contributed by atoms with Crippen LogP contribution in [0.25, 0.3) is 16.3 Å². The minimum absolute atomic E-state index is 0.0445. The average molecular weight is 466 g/mol. The number of rotatable bonds is 1. The molecular formula is C28H32ClNO3. The van der Waals surface area contributed by atoms with Crippen molar-refractivity contribution in [1.82, 2.24) is 4.98 Å². The summed E-state index contributed by atoms with van der Waals surface area (Å²) in [5.41, 5.74) is 2.44. The molecule has 6 rings (SSSR count). The van der Waals surface area contributed by atoms with Crippen LogP contribution in [0, 0.1) is 17.3 Å². The van der Waals surface area contributed by atoms with Gasteiger partial charge in [-0.15, -0.1) is 11.6 Å². The molecule has 4 nitrogen and oxygen atoms in total. The molecule has 1 aromatic heterocycles. The minimum Gasteiger partial charge on any atom is -0.393 e. The zero-order valence-electron chi connectivity index (χ0n) is 19.1. The van der Waals surface area contributed by atoms with Gasteiger partial charge in [0.25, 0.3) is 5.56 Å². The van der Waals surface area contributed by atoms with Crippen LogP contribution in [-0.2, 0) is 0 Å². The van der Waals surface area contributed by atoms with E-state index < -0.39 is 10.5 Å². The number of fused-ring (bicyclic) bond motifs is 5. The van der Waals surface area contributed by atoms with Gasteiger partial charge in [-0.25, -0.2) is 0 Å². The number of nitrogens with one attached hydrogen (secondary N) is 1. The molecule has 0 bridgehead atoms. The molecule has 6 atom stereocenters. The van der Waals surface area contributed by atoms with Crippen LogP contribution in [0.3, 0.4) is 0 Å². The number of allylic oxidation sites excluding steroid dienone is 2. The second-order valence-electron chi connectivity index (χ2n) is 11.1. The van der Waals surface area contributed by atoms with Crippen molar-refractivity contribution < 1.29 is 10.2 Å². The molecule has 0 amide bonds. The van der Waals surface area contributed by atoms with Crippen molar-refractivity contribution >= 4 is 27.9 Å². The normalized spacial score (nSPS) is 40.3. The molecule has 5 heteroatoms. The van der Waals surface area contributed by atoms with Gasteiger partial charge in [-0.2, -0.15) is 0 Å². The predicted molar refractivity (Wildman–Crippen MR) is 132 cm³/mol. The van der Waals surface area contributed by atoms with E-state index in [2.05, 4.69) is 36.2 Å². The first-order valence-electron chi connectivity index (χ1n) is 12.4. The van der Waals surface area contributed by atoms with Crippen molar-refractivity contribution in [1.29, 1.82) is 0 Å². The molecule has 5 unspecified atom stereocenters. The van der Waals surface area contributed by atoms with Crippen molar-refractivity contribution in [3.05, 3.63) is 64.1 Å². The lowest BCUT2D eigenvalue weighted by molar-refractivity contribution is -0.106. The Labute approximate surface area is 199 Å². The topological polar surface area (TPSA) is 73.3 Å². The predicted octanol–water partition coefficient (Wildman–Crippen LogP) is 5.32. The van der Waals surface area contributed by atoms with E-state index in [1.165, 1.54) is 11.1 Å². The highest BCUT2D eigenvalue weighted by Gasteiger charge is 2.64. The standard InChI is InChI=1S/C28H32ClNO3/c1-26-11-12-27(29)16-20-15-21(31)4-2-17(20)8-10-28(27,33)24(26)7-6-23(26)19-3-5-22-18(14-19)9-13-30-25(22)32/h3,5-6,9,13-14,16-17,21,24,31,33H,2,4,7-8,10-12,15H2,1H3,(H,30,32)/t17?,21?,24?,26?,27?,28-/m0/s1. The van der Waals surface area contributed by atoms with Gasteiger partial charge in [0.15, 0.2) is 0 Å². The van der Waals surface area contributed by atoms with Gasteiger partial charge in [-0.3, -0.25) is 4.79 Å². The van der Waals surface area contributed by atoms with E-state index in [0.717, 1.165) is 49.5 Å². The van der Waals surface area contributed by atoms with E-state index in [0.29, 0.717) is 24.1 Å². The monoisotopic (exact) mass is 465 g/mol. The van der Waals surface area contributed by atoms with Crippen molar-refractivity contribution in [2.75, 3.05) is 0 Å². The number of halogens is 1. The first-order chi connectivity index (χ1) is 15.7. The number of pyridine rings is 1. The second-order valence-corrected chi connectivity index (χ2v) is 11.8. The number of hydrogen-bond acceptors (Lipinski definition) is 3. The van der Waals surface area contributed by atoms with Crippen LogP contribution in [0.4, 0.5) is 0 Å². The molecule has 2 fully saturated rings. The molecule has 0 saturated heterocycles. The summed E-state index contributed by atoms with van der Waals surface area (Å²) in [6, 6.07) is 8.02. The van der Waals surface area contributed by atoms with E-state index in [1.807, 2.05) is 12.1 Å². The number of H-pyrrole nitrogens is 1. The number of aromatic amines is 1. The number of hydrogen-bond donors (Lipinski definition) is 3. The van der Waals surface area contributed by atoms with Gasteiger partial charge in [0.1, 0.15) is 0 Å². The minimum atomic E-state index is -0.983. The van der Waals surface area contributed by atoms with Crippen molar-refractivity contribution in [3.8, 4) is 0 Å².